The lowest BCUT2D eigenvalue weighted by molar-refractivity contribution is -0.124. The highest BCUT2D eigenvalue weighted by Crippen LogP contribution is 2.21. The average Bonchev–Trinajstić information content (AvgIpc) is 3.18. The molecule has 3 aromatic rings. The number of hydrogen-bond acceptors (Lipinski definition) is 4. The molecule has 2 unspecified atom stereocenters. The first-order chi connectivity index (χ1) is 15.7. The van der Waals surface area contributed by atoms with Gasteiger partial charge in [0.2, 0.25) is 5.91 Å². The van der Waals surface area contributed by atoms with Gasteiger partial charge in [-0.25, -0.2) is 9.07 Å². The minimum Gasteiger partial charge on any atom is -0.497 e. The fraction of sp³-hybridized carbons (Fsp3) is 0.320. The molecule has 7 nitrogen and oxygen atoms in total. The highest BCUT2D eigenvalue weighted by molar-refractivity contribution is 5.97. The van der Waals surface area contributed by atoms with Gasteiger partial charge in [-0.2, -0.15) is 5.10 Å². The second-order valence-corrected chi connectivity index (χ2v) is 8.23. The van der Waals surface area contributed by atoms with Gasteiger partial charge in [0.15, 0.2) is 0 Å². The predicted octanol–water partition coefficient (Wildman–Crippen LogP) is 3.96. The third kappa shape index (κ3) is 5.58. The summed E-state index contributed by atoms with van der Waals surface area (Å²) < 4.78 is 20.1. The fourth-order valence-corrected chi connectivity index (χ4v) is 3.57. The van der Waals surface area contributed by atoms with Crippen LogP contribution in [0, 0.1) is 18.7 Å². The number of rotatable bonds is 8. The smallest absolute Gasteiger partial charge is 0.251 e. The molecule has 0 fully saturated rings. The zero-order valence-corrected chi connectivity index (χ0v) is 19.4. The van der Waals surface area contributed by atoms with Gasteiger partial charge in [-0.05, 0) is 68.3 Å². The molecule has 1 aromatic heterocycles. The Bertz CT molecular complexity index is 1110. The van der Waals surface area contributed by atoms with Crippen LogP contribution in [-0.2, 0) is 4.79 Å². The number of amides is 2. The van der Waals surface area contributed by atoms with Gasteiger partial charge in [0, 0.05) is 16.8 Å². The maximum atomic E-state index is 13.2. The molecule has 0 radical (unpaired) electrons. The van der Waals surface area contributed by atoms with Crippen LogP contribution < -0.4 is 15.4 Å². The fourth-order valence-electron chi connectivity index (χ4n) is 3.57. The second-order valence-electron chi connectivity index (χ2n) is 8.23. The van der Waals surface area contributed by atoms with E-state index in [4.69, 9.17) is 4.74 Å². The molecule has 2 aromatic carbocycles. The number of methoxy groups -OCH3 is 1. The Labute approximate surface area is 193 Å². The van der Waals surface area contributed by atoms with E-state index in [-0.39, 0.29) is 29.6 Å². The van der Waals surface area contributed by atoms with E-state index >= 15 is 0 Å². The van der Waals surface area contributed by atoms with Crippen LogP contribution in [0.3, 0.4) is 0 Å². The van der Waals surface area contributed by atoms with Crippen molar-refractivity contribution in [1.29, 1.82) is 0 Å². The van der Waals surface area contributed by atoms with Crippen LogP contribution in [0.15, 0.2) is 54.7 Å². The monoisotopic (exact) mass is 452 g/mol. The second kappa shape index (κ2) is 10.3. The van der Waals surface area contributed by atoms with Crippen LogP contribution in [0.5, 0.6) is 5.75 Å². The summed E-state index contributed by atoms with van der Waals surface area (Å²) in [5.41, 5.74) is 2.83. The number of benzene rings is 2. The lowest BCUT2D eigenvalue weighted by Crippen LogP contribution is -2.50. The van der Waals surface area contributed by atoms with Crippen LogP contribution in [0.25, 0.3) is 5.69 Å². The Morgan fingerprint density at radius 1 is 1.00 bits per heavy atom. The molecular formula is C25H29FN4O3. The van der Waals surface area contributed by atoms with Crippen LogP contribution in [0.1, 0.15) is 48.4 Å². The molecule has 0 aliphatic heterocycles. The molecule has 0 aliphatic rings. The Balaban J connectivity index is 1.71. The summed E-state index contributed by atoms with van der Waals surface area (Å²) in [5.74, 6) is -0.411. The number of nitrogens with zero attached hydrogens (tertiary/aromatic N) is 2. The summed E-state index contributed by atoms with van der Waals surface area (Å²) in [7, 11) is 1.56. The molecule has 0 saturated carbocycles. The quantitative estimate of drug-likeness (QED) is 0.542. The van der Waals surface area contributed by atoms with Gasteiger partial charge in [-0.1, -0.05) is 13.8 Å². The van der Waals surface area contributed by atoms with Crippen molar-refractivity contribution in [3.05, 3.63) is 77.4 Å². The Morgan fingerprint density at radius 3 is 2.21 bits per heavy atom. The summed E-state index contributed by atoms with van der Waals surface area (Å²) in [6.45, 7) is 7.50. The number of hydrogen-bond donors (Lipinski definition) is 2. The van der Waals surface area contributed by atoms with E-state index in [0.29, 0.717) is 11.3 Å². The first kappa shape index (κ1) is 24.0. The average molecular weight is 453 g/mol. The van der Waals surface area contributed by atoms with Crippen molar-refractivity contribution in [2.45, 2.75) is 39.8 Å². The molecule has 0 spiro atoms. The standard InChI is InChI=1S/C25H29FN4O3/c1-15(2)23(29-24(31)18-6-12-21(33-5)13-7-18)25(32)28-16(3)22-14-27-30(17(22)4)20-10-8-19(26)9-11-20/h6-16,23H,1-5H3,(H,28,32)(H,29,31). The number of aromatic nitrogens is 2. The van der Waals surface area contributed by atoms with E-state index < -0.39 is 6.04 Å². The highest BCUT2D eigenvalue weighted by Gasteiger charge is 2.27. The van der Waals surface area contributed by atoms with Crippen molar-refractivity contribution in [1.82, 2.24) is 20.4 Å². The molecule has 8 heteroatoms. The third-order valence-electron chi connectivity index (χ3n) is 5.53. The minimum atomic E-state index is -0.713. The summed E-state index contributed by atoms with van der Waals surface area (Å²) in [6.07, 6.45) is 1.68. The van der Waals surface area contributed by atoms with Crippen molar-refractivity contribution in [3.63, 3.8) is 0 Å². The maximum Gasteiger partial charge on any atom is 0.251 e. The summed E-state index contributed by atoms with van der Waals surface area (Å²) >= 11 is 0. The van der Waals surface area contributed by atoms with Gasteiger partial charge in [-0.3, -0.25) is 9.59 Å². The summed E-state index contributed by atoms with van der Waals surface area (Å²) in [5, 5.41) is 10.2. The van der Waals surface area contributed by atoms with Crippen molar-refractivity contribution < 1.29 is 18.7 Å². The van der Waals surface area contributed by atoms with E-state index in [2.05, 4.69) is 15.7 Å². The Morgan fingerprint density at radius 2 is 1.64 bits per heavy atom. The molecule has 0 bridgehead atoms. The number of nitrogens with one attached hydrogen (secondary N) is 2. The van der Waals surface area contributed by atoms with Crippen molar-refractivity contribution in [2.75, 3.05) is 7.11 Å². The summed E-state index contributed by atoms with van der Waals surface area (Å²) in [4.78, 5) is 25.7. The van der Waals surface area contributed by atoms with Crippen LogP contribution in [0.4, 0.5) is 4.39 Å². The minimum absolute atomic E-state index is 0.123. The molecule has 3 rings (SSSR count). The number of ether oxygens (including phenoxy) is 1. The molecule has 0 saturated heterocycles. The van der Waals surface area contributed by atoms with Gasteiger partial charge in [0.05, 0.1) is 25.0 Å². The first-order valence-electron chi connectivity index (χ1n) is 10.8. The van der Waals surface area contributed by atoms with Gasteiger partial charge in [0.25, 0.3) is 5.91 Å². The maximum absolute atomic E-state index is 13.2. The largest absolute Gasteiger partial charge is 0.497 e. The zero-order valence-electron chi connectivity index (χ0n) is 19.4. The van der Waals surface area contributed by atoms with Crippen LogP contribution >= 0.6 is 0 Å². The predicted molar refractivity (Wildman–Crippen MR) is 124 cm³/mol. The molecule has 2 N–H and O–H groups in total. The van der Waals surface area contributed by atoms with Crippen molar-refractivity contribution in [2.24, 2.45) is 5.92 Å². The van der Waals surface area contributed by atoms with E-state index in [1.807, 2.05) is 27.7 Å². The van der Waals surface area contributed by atoms with Gasteiger partial charge in [-0.15, -0.1) is 0 Å². The van der Waals surface area contributed by atoms with E-state index in [9.17, 15) is 14.0 Å². The number of carbonyl (C=O) groups is 2. The molecule has 1 heterocycles. The summed E-state index contributed by atoms with van der Waals surface area (Å²) in [6, 6.07) is 11.7. The van der Waals surface area contributed by atoms with Gasteiger partial charge < -0.3 is 15.4 Å². The van der Waals surface area contributed by atoms with E-state index in [1.165, 1.54) is 12.1 Å². The highest BCUT2D eigenvalue weighted by atomic mass is 19.1. The van der Waals surface area contributed by atoms with E-state index in [1.54, 1.807) is 54.4 Å². The van der Waals surface area contributed by atoms with Crippen LogP contribution in [-0.4, -0.2) is 34.7 Å². The number of carbonyl (C=O) groups excluding carboxylic acids is 2. The van der Waals surface area contributed by atoms with Crippen molar-refractivity contribution >= 4 is 11.8 Å². The molecule has 2 amide bonds. The van der Waals surface area contributed by atoms with Gasteiger partial charge in [0.1, 0.15) is 17.6 Å². The topological polar surface area (TPSA) is 85.2 Å². The molecule has 0 aliphatic carbocycles. The van der Waals surface area contributed by atoms with E-state index in [0.717, 1.165) is 16.9 Å². The molecular weight excluding hydrogens is 423 g/mol. The Hall–Kier alpha value is -3.68. The zero-order chi connectivity index (χ0) is 24.1. The van der Waals surface area contributed by atoms with Crippen LogP contribution in [0.2, 0.25) is 0 Å². The number of halogens is 1. The Kier molecular flexibility index (Phi) is 7.48. The molecule has 33 heavy (non-hydrogen) atoms. The normalized spacial score (nSPS) is 12.8. The SMILES string of the molecule is COc1ccc(C(=O)NC(C(=O)NC(C)c2cnn(-c3ccc(F)cc3)c2C)C(C)C)cc1. The van der Waals surface area contributed by atoms with Crippen molar-refractivity contribution in [3.8, 4) is 11.4 Å². The molecule has 2 atom stereocenters. The van der Waals surface area contributed by atoms with Gasteiger partial charge >= 0.3 is 0 Å². The lowest BCUT2D eigenvalue weighted by Gasteiger charge is -2.24. The third-order valence-corrected chi connectivity index (χ3v) is 5.53. The molecule has 174 valence electrons. The first-order valence-corrected chi connectivity index (χ1v) is 10.8. The lowest BCUT2D eigenvalue weighted by atomic mass is 10.0.